The number of amidine groups is 1. The zero-order valence-corrected chi connectivity index (χ0v) is 23.9. The van der Waals surface area contributed by atoms with E-state index in [1.54, 1.807) is 29.2 Å². The number of rotatable bonds is 5. The van der Waals surface area contributed by atoms with E-state index in [0.717, 1.165) is 17.2 Å². The molecule has 2 aliphatic rings. The molecular weight excluding hydrogens is 578 g/mol. The molecular formula is C32H23N7O6. The Labute approximate surface area is 255 Å². The number of nitro groups is 3. The van der Waals surface area contributed by atoms with Crippen molar-refractivity contribution >= 4 is 34.3 Å². The Hall–Kier alpha value is -6.42. The number of hydrogen-bond donors (Lipinski definition) is 1. The maximum Gasteiger partial charge on any atom is 0.284 e. The molecule has 222 valence electrons. The van der Waals surface area contributed by atoms with Gasteiger partial charge in [-0.15, -0.1) is 0 Å². The smallest absolute Gasteiger partial charge is 0.284 e. The number of aryl methyl sites for hydroxylation is 2. The first-order valence-electron chi connectivity index (χ1n) is 13.6. The van der Waals surface area contributed by atoms with E-state index in [9.17, 15) is 35.6 Å². The number of non-ortho nitro benzene ring substituents is 2. The minimum Gasteiger partial charge on any atom is -0.384 e. The zero-order valence-electron chi connectivity index (χ0n) is 23.9. The summed E-state index contributed by atoms with van der Waals surface area (Å²) in [6.45, 7) is 3.83. The molecule has 0 saturated heterocycles. The van der Waals surface area contributed by atoms with Gasteiger partial charge in [-0.1, -0.05) is 35.4 Å². The Kier molecular flexibility index (Phi) is 6.62. The second-order valence-electron chi connectivity index (χ2n) is 10.9. The lowest BCUT2D eigenvalue weighted by molar-refractivity contribution is -0.393. The Morgan fingerprint density at radius 3 is 2.00 bits per heavy atom. The molecule has 13 nitrogen and oxygen atoms in total. The van der Waals surface area contributed by atoms with Crippen molar-refractivity contribution in [1.29, 1.82) is 5.26 Å². The van der Waals surface area contributed by atoms with Crippen molar-refractivity contribution in [3.05, 3.63) is 143 Å². The Morgan fingerprint density at radius 1 is 0.822 bits per heavy atom. The first-order valence-corrected chi connectivity index (χ1v) is 13.6. The molecule has 0 saturated carbocycles. The van der Waals surface area contributed by atoms with Gasteiger partial charge in [-0.2, -0.15) is 5.26 Å². The number of benzene rings is 4. The SMILES string of the molecule is Cc1ccc(N=C2CC3(C(C#N)=C(N)N2c2ccc(C)cc2)c2cc([N+](=O)[O-])ccc2-c2c([N+](=O)[O-])cc([N+](=O)[O-])cc23)cc1. The molecule has 2 N–H and O–H groups in total. The minimum atomic E-state index is -1.68. The van der Waals surface area contributed by atoms with Crippen molar-refractivity contribution < 1.29 is 14.8 Å². The molecule has 4 aromatic carbocycles. The van der Waals surface area contributed by atoms with Crippen LogP contribution in [-0.4, -0.2) is 20.6 Å². The largest absolute Gasteiger partial charge is 0.384 e. The van der Waals surface area contributed by atoms with Crippen LogP contribution in [0.5, 0.6) is 0 Å². The van der Waals surface area contributed by atoms with Crippen LogP contribution in [-0.2, 0) is 5.41 Å². The summed E-state index contributed by atoms with van der Waals surface area (Å²) in [5.41, 5.74) is 7.19. The third-order valence-corrected chi connectivity index (χ3v) is 8.21. The molecule has 1 spiro atoms. The number of aliphatic imine (C=N–C) groups is 1. The highest BCUT2D eigenvalue weighted by atomic mass is 16.6. The zero-order chi connectivity index (χ0) is 32.2. The second kappa shape index (κ2) is 10.4. The van der Waals surface area contributed by atoms with Gasteiger partial charge in [0.15, 0.2) is 0 Å². The van der Waals surface area contributed by atoms with Crippen molar-refractivity contribution in [3.63, 3.8) is 0 Å². The summed E-state index contributed by atoms with van der Waals surface area (Å²) in [4.78, 5) is 40.7. The molecule has 1 atom stereocenters. The van der Waals surface area contributed by atoms with Crippen LogP contribution in [0, 0.1) is 55.5 Å². The molecule has 1 unspecified atom stereocenters. The normalized spacial score (nSPS) is 17.6. The van der Waals surface area contributed by atoms with Gasteiger partial charge in [0.05, 0.1) is 49.1 Å². The van der Waals surface area contributed by atoms with Crippen molar-refractivity contribution in [1.82, 2.24) is 0 Å². The second-order valence-corrected chi connectivity index (χ2v) is 10.9. The van der Waals surface area contributed by atoms with Crippen LogP contribution in [0.4, 0.5) is 28.4 Å². The van der Waals surface area contributed by atoms with Crippen molar-refractivity contribution in [2.75, 3.05) is 4.90 Å². The monoisotopic (exact) mass is 601 g/mol. The van der Waals surface area contributed by atoms with Crippen LogP contribution in [0.1, 0.15) is 28.7 Å². The first kappa shape index (κ1) is 28.7. The van der Waals surface area contributed by atoms with Gasteiger partial charge in [0.2, 0.25) is 0 Å². The van der Waals surface area contributed by atoms with Gasteiger partial charge < -0.3 is 5.73 Å². The molecule has 0 radical (unpaired) electrons. The Bertz CT molecular complexity index is 2060. The number of nitrogens with zero attached hydrogens (tertiary/aromatic N) is 6. The minimum absolute atomic E-state index is 0.0227. The van der Waals surface area contributed by atoms with E-state index in [1.165, 1.54) is 24.3 Å². The summed E-state index contributed by atoms with van der Waals surface area (Å²) in [6.07, 6.45) is -0.155. The van der Waals surface area contributed by atoms with Gasteiger partial charge in [-0.3, -0.25) is 35.2 Å². The average molecular weight is 602 g/mol. The number of fused-ring (bicyclic) bond motifs is 5. The number of allylic oxidation sites excluding steroid dienone is 1. The molecule has 1 aliphatic carbocycles. The number of nitrogens with two attached hydrogens (primary N) is 1. The summed E-state index contributed by atoms with van der Waals surface area (Å²) >= 11 is 0. The fourth-order valence-corrected chi connectivity index (χ4v) is 6.17. The van der Waals surface area contributed by atoms with Crippen LogP contribution in [0.2, 0.25) is 0 Å². The molecule has 0 aromatic heterocycles. The highest BCUT2D eigenvalue weighted by Gasteiger charge is 2.55. The van der Waals surface area contributed by atoms with Crippen molar-refractivity contribution in [2.45, 2.75) is 25.7 Å². The van der Waals surface area contributed by atoms with Crippen LogP contribution in [0.3, 0.4) is 0 Å². The fraction of sp³-hybridized carbons (Fsp3) is 0.125. The lowest BCUT2D eigenvalue weighted by atomic mass is 9.67. The molecule has 0 bridgehead atoms. The van der Waals surface area contributed by atoms with Crippen LogP contribution in [0.15, 0.2) is 95.2 Å². The molecule has 0 fully saturated rings. The standard InChI is InChI=1S/C32H23N7O6/c1-18-3-7-20(8-4-18)35-29-16-32(27(17-33)31(34)36(29)21-9-5-19(2)6-10-21)25-13-22(37(40)41)11-12-24(25)30-26(32)14-23(38(42)43)15-28(30)39(44)45/h3-15H,16,34H2,1-2H3. The van der Waals surface area contributed by atoms with E-state index in [2.05, 4.69) is 6.07 Å². The number of nitro benzene ring substituents is 3. The van der Waals surface area contributed by atoms with Crippen molar-refractivity contribution in [2.24, 2.45) is 10.7 Å². The lowest BCUT2D eigenvalue weighted by Gasteiger charge is -2.42. The van der Waals surface area contributed by atoms with Crippen LogP contribution < -0.4 is 10.6 Å². The summed E-state index contributed by atoms with van der Waals surface area (Å²) in [5, 5.41) is 47.1. The maximum atomic E-state index is 12.3. The Morgan fingerprint density at radius 2 is 1.42 bits per heavy atom. The highest BCUT2D eigenvalue weighted by molar-refractivity contribution is 6.07. The molecule has 45 heavy (non-hydrogen) atoms. The predicted molar refractivity (Wildman–Crippen MR) is 166 cm³/mol. The number of nitriles is 1. The first-order chi connectivity index (χ1) is 21.5. The van der Waals surface area contributed by atoms with E-state index < -0.39 is 31.6 Å². The molecule has 13 heteroatoms. The topological polar surface area (TPSA) is 195 Å². The maximum absolute atomic E-state index is 12.3. The van der Waals surface area contributed by atoms with Crippen LogP contribution in [0.25, 0.3) is 11.1 Å². The molecule has 6 rings (SSSR count). The van der Waals surface area contributed by atoms with Crippen molar-refractivity contribution in [3.8, 4) is 17.2 Å². The summed E-state index contributed by atoms with van der Waals surface area (Å²) in [5.74, 6) is 0.247. The van der Waals surface area contributed by atoms with Gasteiger partial charge in [0.25, 0.3) is 17.1 Å². The van der Waals surface area contributed by atoms with E-state index in [1.807, 2.05) is 38.1 Å². The molecule has 1 aliphatic heterocycles. The van der Waals surface area contributed by atoms with Gasteiger partial charge in [-0.25, -0.2) is 4.99 Å². The van der Waals surface area contributed by atoms with Gasteiger partial charge in [-0.05, 0) is 60.9 Å². The number of anilines is 1. The summed E-state index contributed by atoms with van der Waals surface area (Å²) in [6, 6.07) is 22.7. The van der Waals surface area contributed by atoms with Gasteiger partial charge in [0, 0.05) is 30.3 Å². The van der Waals surface area contributed by atoms with Gasteiger partial charge >= 0.3 is 0 Å². The van der Waals surface area contributed by atoms with E-state index in [4.69, 9.17) is 10.7 Å². The van der Waals surface area contributed by atoms with E-state index >= 15 is 0 Å². The molecule has 1 heterocycles. The van der Waals surface area contributed by atoms with Crippen LogP contribution >= 0.6 is 0 Å². The molecule has 0 amide bonds. The third-order valence-electron chi connectivity index (χ3n) is 8.21. The number of hydrogen-bond acceptors (Lipinski definition) is 9. The Balaban J connectivity index is 1.77. The average Bonchev–Trinajstić information content (AvgIpc) is 3.27. The third kappa shape index (κ3) is 4.43. The van der Waals surface area contributed by atoms with Gasteiger partial charge in [0.1, 0.15) is 11.7 Å². The van der Waals surface area contributed by atoms with E-state index in [-0.39, 0.29) is 45.8 Å². The quantitative estimate of drug-likeness (QED) is 0.193. The summed E-state index contributed by atoms with van der Waals surface area (Å²) in [7, 11) is 0. The van der Waals surface area contributed by atoms with E-state index in [0.29, 0.717) is 17.2 Å². The molecule has 4 aromatic rings. The lowest BCUT2D eigenvalue weighted by Crippen LogP contribution is -2.48. The summed E-state index contributed by atoms with van der Waals surface area (Å²) < 4.78 is 0. The fourth-order valence-electron chi connectivity index (χ4n) is 6.17. The predicted octanol–water partition coefficient (Wildman–Crippen LogP) is 6.63. The highest BCUT2D eigenvalue weighted by Crippen LogP contribution is 2.60.